The summed E-state index contributed by atoms with van der Waals surface area (Å²) in [7, 11) is 0. The molecule has 0 unspecified atom stereocenters. The smallest absolute Gasteiger partial charge is 0.112 e. The van der Waals surface area contributed by atoms with Gasteiger partial charge in [0, 0.05) is 37.7 Å². The molecule has 3 aliphatic rings. The normalized spacial score (nSPS) is 25.7. The van der Waals surface area contributed by atoms with Crippen LogP contribution in [0.2, 0.25) is 0 Å². The van der Waals surface area contributed by atoms with Gasteiger partial charge in [-0.2, -0.15) is 0 Å². The molecular formula is C14H21N3. The molecule has 1 aromatic heterocycles. The van der Waals surface area contributed by atoms with Crippen molar-refractivity contribution in [2.24, 2.45) is 5.41 Å². The lowest BCUT2D eigenvalue weighted by Gasteiger charge is -2.19. The number of hydrogen-bond acceptors (Lipinski definition) is 2. The first kappa shape index (κ1) is 10.1. The van der Waals surface area contributed by atoms with Gasteiger partial charge >= 0.3 is 0 Å². The van der Waals surface area contributed by atoms with E-state index >= 15 is 0 Å². The molecule has 0 bridgehead atoms. The summed E-state index contributed by atoms with van der Waals surface area (Å²) in [6.45, 7) is 5.76. The van der Waals surface area contributed by atoms with Gasteiger partial charge in [0.1, 0.15) is 5.82 Å². The van der Waals surface area contributed by atoms with Gasteiger partial charge in [-0.3, -0.25) is 0 Å². The highest BCUT2D eigenvalue weighted by Gasteiger charge is 2.40. The molecule has 0 amide bonds. The predicted octanol–water partition coefficient (Wildman–Crippen LogP) is 2.21. The maximum atomic E-state index is 4.93. The highest BCUT2D eigenvalue weighted by molar-refractivity contribution is 5.24. The third-order valence-electron chi connectivity index (χ3n) is 4.60. The quantitative estimate of drug-likeness (QED) is 0.864. The summed E-state index contributed by atoms with van der Waals surface area (Å²) in [5.41, 5.74) is 3.46. The van der Waals surface area contributed by atoms with Crippen LogP contribution in [0.1, 0.15) is 55.7 Å². The Hall–Kier alpha value is -0.830. The van der Waals surface area contributed by atoms with Gasteiger partial charge in [-0.1, -0.05) is 6.92 Å². The first-order valence-corrected chi connectivity index (χ1v) is 7.04. The number of hydrogen-bond donors (Lipinski definition) is 1. The third-order valence-corrected chi connectivity index (χ3v) is 4.60. The average molecular weight is 231 g/mol. The van der Waals surface area contributed by atoms with Crippen LogP contribution in [0, 0.1) is 5.41 Å². The Kier molecular flexibility index (Phi) is 1.99. The van der Waals surface area contributed by atoms with E-state index in [1.807, 2.05) is 0 Å². The molecule has 2 saturated carbocycles. The van der Waals surface area contributed by atoms with E-state index in [4.69, 9.17) is 4.98 Å². The van der Waals surface area contributed by atoms with E-state index < -0.39 is 0 Å². The molecule has 0 atom stereocenters. The van der Waals surface area contributed by atoms with Gasteiger partial charge in [0.2, 0.25) is 0 Å². The predicted molar refractivity (Wildman–Crippen MR) is 67.0 cm³/mol. The summed E-state index contributed by atoms with van der Waals surface area (Å²) in [6, 6.07) is 0. The zero-order valence-electron chi connectivity index (χ0n) is 10.6. The summed E-state index contributed by atoms with van der Waals surface area (Å²) >= 11 is 0. The van der Waals surface area contributed by atoms with Crippen molar-refractivity contribution in [3.8, 4) is 0 Å². The molecule has 1 aliphatic heterocycles. The minimum Gasteiger partial charge on any atom is -0.331 e. The standard InChI is InChI=1S/C14H21N3/c1-14(5-6-14)9-17-12-4-7-15-8-11(12)16-13(17)10-2-3-10/h10,15H,2-9H2,1H3. The summed E-state index contributed by atoms with van der Waals surface area (Å²) in [4.78, 5) is 4.93. The van der Waals surface area contributed by atoms with E-state index in [0.717, 1.165) is 19.0 Å². The number of nitrogens with zero attached hydrogens (tertiary/aromatic N) is 2. The van der Waals surface area contributed by atoms with Gasteiger partial charge in [-0.15, -0.1) is 0 Å². The molecular weight excluding hydrogens is 210 g/mol. The zero-order valence-corrected chi connectivity index (χ0v) is 10.6. The minimum absolute atomic E-state index is 0.586. The number of fused-ring (bicyclic) bond motifs is 1. The first-order valence-electron chi connectivity index (χ1n) is 7.04. The highest BCUT2D eigenvalue weighted by Crippen LogP contribution is 2.48. The van der Waals surface area contributed by atoms with E-state index in [0.29, 0.717) is 5.41 Å². The van der Waals surface area contributed by atoms with E-state index in [2.05, 4.69) is 16.8 Å². The number of imidazole rings is 1. The lowest BCUT2D eigenvalue weighted by Crippen LogP contribution is -2.25. The molecule has 2 aliphatic carbocycles. The second-order valence-corrected chi connectivity index (χ2v) is 6.46. The van der Waals surface area contributed by atoms with E-state index in [9.17, 15) is 0 Å². The Labute approximate surface area is 103 Å². The Bertz CT molecular complexity index is 452. The van der Waals surface area contributed by atoms with Gasteiger partial charge in [0.15, 0.2) is 0 Å². The fourth-order valence-electron chi connectivity index (χ4n) is 2.97. The van der Waals surface area contributed by atoms with Crippen molar-refractivity contribution in [2.45, 2.75) is 58.0 Å². The highest BCUT2D eigenvalue weighted by atomic mass is 15.1. The summed E-state index contributed by atoms with van der Waals surface area (Å²) in [5.74, 6) is 2.19. The minimum atomic E-state index is 0.586. The SMILES string of the molecule is CC1(Cn2c(C3CC3)nc3c2CCNC3)CC1. The molecule has 0 radical (unpaired) electrons. The van der Waals surface area contributed by atoms with Crippen molar-refractivity contribution in [2.75, 3.05) is 6.54 Å². The fraction of sp³-hybridized carbons (Fsp3) is 0.786. The van der Waals surface area contributed by atoms with Crippen molar-refractivity contribution in [1.82, 2.24) is 14.9 Å². The summed E-state index contributed by atoms with van der Waals surface area (Å²) < 4.78 is 2.60. The van der Waals surface area contributed by atoms with Crippen LogP contribution in [0.4, 0.5) is 0 Å². The maximum Gasteiger partial charge on any atom is 0.112 e. The Morgan fingerprint density at radius 3 is 2.94 bits per heavy atom. The molecule has 1 N–H and O–H groups in total. The largest absolute Gasteiger partial charge is 0.331 e. The Morgan fingerprint density at radius 2 is 2.24 bits per heavy atom. The second kappa shape index (κ2) is 3.35. The lowest BCUT2D eigenvalue weighted by molar-refractivity contribution is 0.438. The van der Waals surface area contributed by atoms with Crippen molar-refractivity contribution < 1.29 is 0 Å². The molecule has 0 spiro atoms. The monoisotopic (exact) mass is 231 g/mol. The fourth-order valence-corrected chi connectivity index (χ4v) is 2.97. The second-order valence-electron chi connectivity index (χ2n) is 6.46. The van der Waals surface area contributed by atoms with Gasteiger partial charge in [-0.25, -0.2) is 4.98 Å². The topological polar surface area (TPSA) is 29.9 Å². The molecule has 92 valence electrons. The van der Waals surface area contributed by atoms with Crippen molar-refractivity contribution >= 4 is 0 Å². The molecule has 3 nitrogen and oxygen atoms in total. The van der Waals surface area contributed by atoms with E-state index in [-0.39, 0.29) is 0 Å². The molecule has 1 aromatic rings. The molecule has 2 heterocycles. The van der Waals surface area contributed by atoms with Crippen LogP contribution < -0.4 is 5.32 Å². The van der Waals surface area contributed by atoms with Gasteiger partial charge in [-0.05, 0) is 31.1 Å². The molecule has 0 aromatic carbocycles. The number of nitrogens with one attached hydrogen (secondary N) is 1. The Morgan fingerprint density at radius 1 is 1.41 bits per heavy atom. The van der Waals surface area contributed by atoms with Crippen LogP contribution in [0.5, 0.6) is 0 Å². The zero-order chi connectivity index (χ0) is 11.5. The lowest BCUT2D eigenvalue weighted by atomic mass is 10.1. The number of aromatic nitrogens is 2. The molecule has 3 heteroatoms. The van der Waals surface area contributed by atoms with Gasteiger partial charge < -0.3 is 9.88 Å². The summed E-state index contributed by atoms with van der Waals surface area (Å²) in [6.07, 6.45) is 6.70. The van der Waals surface area contributed by atoms with Crippen LogP contribution in [-0.2, 0) is 19.5 Å². The van der Waals surface area contributed by atoms with Crippen LogP contribution in [-0.4, -0.2) is 16.1 Å². The van der Waals surface area contributed by atoms with Crippen LogP contribution in [0.3, 0.4) is 0 Å². The van der Waals surface area contributed by atoms with Crippen LogP contribution in [0.25, 0.3) is 0 Å². The van der Waals surface area contributed by atoms with Crippen molar-refractivity contribution in [3.05, 3.63) is 17.2 Å². The molecule has 17 heavy (non-hydrogen) atoms. The van der Waals surface area contributed by atoms with Crippen LogP contribution in [0.15, 0.2) is 0 Å². The summed E-state index contributed by atoms with van der Waals surface area (Å²) in [5, 5.41) is 3.44. The van der Waals surface area contributed by atoms with Crippen molar-refractivity contribution in [3.63, 3.8) is 0 Å². The molecule has 2 fully saturated rings. The van der Waals surface area contributed by atoms with Crippen molar-refractivity contribution in [1.29, 1.82) is 0 Å². The maximum absolute atomic E-state index is 4.93. The Balaban J connectivity index is 1.75. The van der Waals surface area contributed by atoms with Crippen LogP contribution >= 0.6 is 0 Å². The molecule has 4 rings (SSSR count). The average Bonchev–Trinajstić information content (AvgIpc) is 3.23. The van der Waals surface area contributed by atoms with E-state index in [1.165, 1.54) is 50.2 Å². The number of rotatable bonds is 3. The molecule has 0 saturated heterocycles. The third kappa shape index (κ3) is 1.71. The van der Waals surface area contributed by atoms with Gasteiger partial charge in [0.25, 0.3) is 0 Å². The van der Waals surface area contributed by atoms with Gasteiger partial charge in [0.05, 0.1) is 5.69 Å². The first-order chi connectivity index (χ1) is 8.25. The van der Waals surface area contributed by atoms with E-state index in [1.54, 1.807) is 5.69 Å².